The van der Waals surface area contributed by atoms with Crippen LogP contribution in [-0.2, 0) is 11.2 Å². The van der Waals surface area contributed by atoms with Crippen LogP contribution in [0.3, 0.4) is 0 Å². The summed E-state index contributed by atoms with van der Waals surface area (Å²) in [7, 11) is 0. The normalized spacial score (nSPS) is 10.9. The summed E-state index contributed by atoms with van der Waals surface area (Å²) in [4.78, 5) is 25.8. The van der Waals surface area contributed by atoms with Gasteiger partial charge in [0.2, 0.25) is 5.91 Å². The predicted octanol–water partition coefficient (Wildman–Crippen LogP) is 3.31. The molecule has 0 fully saturated rings. The Hall–Kier alpha value is -2.82. The molecule has 3 aromatic rings. The van der Waals surface area contributed by atoms with E-state index in [1.165, 1.54) is 0 Å². The molecule has 0 unspecified atom stereocenters. The third-order valence-corrected chi connectivity index (χ3v) is 3.63. The Morgan fingerprint density at radius 3 is 2.61 bits per heavy atom. The van der Waals surface area contributed by atoms with Crippen LogP contribution in [-0.4, -0.2) is 10.9 Å². The molecule has 118 valence electrons. The number of benzene rings is 2. The van der Waals surface area contributed by atoms with Gasteiger partial charge in [0.05, 0.1) is 5.52 Å². The molecule has 5 heteroatoms. The van der Waals surface area contributed by atoms with Gasteiger partial charge in [-0.15, -0.1) is 0 Å². The fourth-order valence-corrected chi connectivity index (χ4v) is 2.68. The van der Waals surface area contributed by atoms with Crippen molar-refractivity contribution in [3.63, 3.8) is 0 Å². The lowest BCUT2D eigenvalue weighted by atomic mass is 10.1. The van der Waals surface area contributed by atoms with Crippen molar-refractivity contribution in [2.75, 3.05) is 5.32 Å². The van der Waals surface area contributed by atoms with Crippen molar-refractivity contribution in [2.24, 2.45) is 0 Å². The summed E-state index contributed by atoms with van der Waals surface area (Å²) in [5, 5.41) is 2.92. The number of rotatable bonds is 4. The second kappa shape index (κ2) is 6.12. The van der Waals surface area contributed by atoms with Crippen LogP contribution in [0.25, 0.3) is 11.1 Å². The van der Waals surface area contributed by atoms with E-state index in [2.05, 4.69) is 16.4 Å². The first kappa shape index (κ1) is 15.1. The third-order valence-electron chi connectivity index (χ3n) is 3.63. The van der Waals surface area contributed by atoms with Gasteiger partial charge in [-0.2, -0.15) is 0 Å². The van der Waals surface area contributed by atoms with Gasteiger partial charge in [-0.1, -0.05) is 12.1 Å². The summed E-state index contributed by atoms with van der Waals surface area (Å²) < 4.78 is 4.96. The van der Waals surface area contributed by atoms with E-state index in [0.29, 0.717) is 23.9 Å². The number of carbonyl (C=O) groups is 1. The summed E-state index contributed by atoms with van der Waals surface area (Å²) in [6.07, 6.45) is 0.973. The fraction of sp³-hybridized carbons (Fsp3) is 0.222. The lowest BCUT2D eigenvalue weighted by Crippen LogP contribution is -2.12. The number of amides is 1. The maximum atomic E-state index is 12.1. The maximum absolute atomic E-state index is 12.1. The van der Waals surface area contributed by atoms with Gasteiger partial charge >= 0.3 is 5.76 Å². The van der Waals surface area contributed by atoms with E-state index in [0.717, 1.165) is 22.4 Å². The van der Waals surface area contributed by atoms with Crippen LogP contribution < -0.4 is 11.1 Å². The third kappa shape index (κ3) is 3.69. The van der Waals surface area contributed by atoms with E-state index in [1.807, 2.05) is 38.1 Å². The zero-order valence-electron chi connectivity index (χ0n) is 13.1. The SMILES string of the molecule is Cc1cc(C)cc(NC(=O)CCc2ccc3oc(=O)[nH]c3c2)c1. The van der Waals surface area contributed by atoms with Gasteiger partial charge in [-0.05, 0) is 61.2 Å². The van der Waals surface area contributed by atoms with Gasteiger partial charge in [0.15, 0.2) is 5.58 Å². The molecule has 2 aromatic carbocycles. The molecular formula is C18H18N2O3. The first-order chi connectivity index (χ1) is 11.0. The quantitative estimate of drug-likeness (QED) is 0.776. The first-order valence-corrected chi connectivity index (χ1v) is 7.49. The van der Waals surface area contributed by atoms with Crippen LogP contribution in [0.4, 0.5) is 5.69 Å². The highest BCUT2D eigenvalue weighted by Crippen LogP contribution is 2.16. The number of H-pyrrole nitrogens is 1. The van der Waals surface area contributed by atoms with Crippen molar-refractivity contribution < 1.29 is 9.21 Å². The number of carbonyl (C=O) groups excluding carboxylic acids is 1. The lowest BCUT2D eigenvalue weighted by molar-refractivity contribution is -0.116. The summed E-state index contributed by atoms with van der Waals surface area (Å²) >= 11 is 0. The smallest absolute Gasteiger partial charge is 0.408 e. The molecule has 0 spiro atoms. The topological polar surface area (TPSA) is 75.1 Å². The van der Waals surface area contributed by atoms with Crippen LogP contribution in [0, 0.1) is 13.8 Å². The molecular weight excluding hydrogens is 292 g/mol. The Kier molecular flexibility index (Phi) is 4.02. The summed E-state index contributed by atoms with van der Waals surface area (Å²) in [5.41, 5.74) is 5.22. The van der Waals surface area contributed by atoms with E-state index < -0.39 is 5.76 Å². The molecule has 0 radical (unpaired) electrons. The molecule has 1 amide bonds. The van der Waals surface area contributed by atoms with E-state index in [-0.39, 0.29) is 5.91 Å². The number of aryl methyl sites for hydroxylation is 3. The van der Waals surface area contributed by atoms with E-state index in [1.54, 1.807) is 6.07 Å². The molecule has 1 heterocycles. The number of oxazole rings is 1. The van der Waals surface area contributed by atoms with Crippen LogP contribution in [0.5, 0.6) is 0 Å². The van der Waals surface area contributed by atoms with Gasteiger partial charge in [-0.25, -0.2) is 4.79 Å². The fourth-order valence-electron chi connectivity index (χ4n) is 2.68. The largest absolute Gasteiger partial charge is 0.417 e. The number of aromatic amines is 1. The lowest BCUT2D eigenvalue weighted by Gasteiger charge is -2.07. The van der Waals surface area contributed by atoms with Crippen molar-refractivity contribution in [3.8, 4) is 0 Å². The predicted molar refractivity (Wildman–Crippen MR) is 89.7 cm³/mol. The number of hydrogen-bond acceptors (Lipinski definition) is 3. The summed E-state index contributed by atoms with van der Waals surface area (Å²) in [6.45, 7) is 4.01. The van der Waals surface area contributed by atoms with Crippen molar-refractivity contribution in [2.45, 2.75) is 26.7 Å². The number of anilines is 1. The van der Waals surface area contributed by atoms with E-state index >= 15 is 0 Å². The van der Waals surface area contributed by atoms with Gasteiger partial charge in [-0.3, -0.25) is 9.78 Å². The van der Waals surface area contributed by atoms with Gasteiger partial charge in [0.1, 0.15) is 0 Å². The zero-order valence-corrected chi connectivity index (χ0v) is 13.1. The first-order valence-electron chi connectivity index (χ1n) is 7.49. The molecule has 1 aromatic heterocycles. The maximum Gasteiger partial charge on any atom is 0.417 e. The van der Waals surface area contributed by atoms with Crippen molar-refractivity contribution in [1.29, 1.82) is 0 Å². The minimum atomic E-state index is -0.468. The van der Waals surface area contributed by atoms with Crippen LogP contribution in [0.1, 0.15) is 23.1 Å². The molecule has 0 aliphatic heterocycles. The Labute approximate surface area is 133 Å². The minimum Gasteiger partial charge on any atom is -0.408 e. The number of aromatic nitrogens is 1. The van der Waals surface area contributed by atoms with Gasteiger partial charge in [0.25, 0.3) is 0 Å². The van der Waals surface area contributed by atoms with Crippen LogP contribution in [0.15, 0.2) is 45.6 Å². The summed E-state index contributed by atoms with van der Waals surface area (Å²) in [6, 6.07) is 11.4. The number of nitrogens with one attached hydrogen (secondary N) is 2. The molecule has 23 heavy (non-hydrogen) atoms. The molecule has 5 nitrogen and oxygen atoms in total. The molecule has 0 bridgehead atoms. The second-order valence-electron chi connectivity index (χ2n) is 5.77. The van der Waals surface area contributed by atoms with Crippen molar-refractivity contribution >= 4 is 22.7 Å². The second-order valence-corrected chi connectivity index (χ2v) is 5.77. The van der Waals surface area contributed by atoms with Crippen molar-refractivity contribution in [3.05, 3.63) is 63.6 Å². The van der Waals surface area contributed by atoms with Crippen LogP contribution in [0.2, 0.25) is 0 Å². The number of hydrogen-bond donors (Lipinski definition) is 2. The molecule has 0 saturated heterocycles. The highest BCUT2D eigenvalue weighted by atomic mass is 16.4. The molecule has 0 aliphatic rings. The highest BCUT2D eigenvalue weighted by Gasteiger charge is 2.06. The zero-order chi connectivity index (χ0) is 16.4. The van der Waals surface area contributed by atoms with E-state index in [9.17, 15) is 9.59 Å². The van der Waals surface area contributed by atoms with E-state index in [4.69, 9.17) is 4.42 Å². The Balaban J connectivity index is 1.64. The molecule has 0 aliphatic carbocycles. The average molecular weight is 310 g/mol. The molecule has 3 rings (SSSR count). The Morgan fingerprint density at radius 1 is 1.13 bits per heavy atom. The molecule has 2 N–H and O–H groups in total. The van der Waals surface area contributed by atoms with Gasteiger partial charge in [0, 0.05) is 12.1 Å². The molecule has 0 saturated carbocycles. The van der Waals surface area contributed by atoms with Crippen LogP contribution >= 0.6 is 0 Å². The average Bonchev–Trinajstić information content (AvgIpc) is 2.83. The monoisotopic (exact) mass is 310 g/mol. The Bertz CT molecular complexity index is 901. The number of fused-ring (bicyclic) bond motifs is 1. The standard InChI is InChI=1S/C18H18N2O3/c1-11-7-12(2)9-14(8-11)19-17(21)6-4-13-3-5-16-15(10-13)20-18(22)23-16/h3,5,7-10H,4,6H2,1-2H3,(H,19,21)(H,20,22). The van der Waals surface area contributed by atoms with Gasteiger partial charge < -0.3 is 9.73 Å². The Morgan fingerprint density at radius 2 is 1.87 bits per heavy atom. The highest BCUT2D eigenvalue weighted by molar-refractivity contribution is 5.91. The minimum absolute atomic E-state index is 0.0317. The van der Waals surface area contributed by atoms with Crippen molar-refractivity contribution in [1.82, 2.24) is 4.98 Å². The summed E-state index contributed by atoms with van der Waals surface area (Å²) in [5.74, 6) is -0.500. The molecule has 0 atom stereocenters.